The van der Waals surface area contributed by atoms with Crippen molar-refractivity contribution in [1.82, 2.24) is 9.78 Å². The van der Waals surface area contributed by atoms with Crippen LogP contribution in [0.4, 0.5) is 17.6 Å². The Kier molecular flexibility index (Phi) is 4.72. The SMILES string of the molecule is FCCn1cc(Br)c(COCC(F)(F)F)n1. The maximum Gasteiger partial charge on any atom is 0.411 e. The number of ether oxygens (including phenoxy) is 1. The van der Waals surface area contributed by atoms with E-state index >= 15 is 0 Å². The molecule has 1 aromatic heterocycles. The fourth-order valence-electron chi connectivity index (χ4n) is 0.999. The summed E-state index contributed by atoms with van der Waals surface area (Å²) in [4.78, 5) is 0. The second-order valence-electron chi connectivity index (χ2n) is 2.98. The van der Waals surface area contributed by atoms with Crippen molar-refractivity contribution in [2.45, 2.75) is 19.3 Å². The smallest absolute Gasteiger partial charge is 0.366 e. The lowest BCUT2D eigenvalue weighted by Gasteiger charge is -2.06. The fourth-order valence-corrected chi connectivity index (χ4v) is 1.43. The summed E-state index contributed by atoms with van der Waals surface area (Å²) in [5.41, 5.74) is 0.317. The molecule has 0 aliphatic carbocycles. The van der Waals surface area contributed by atoms with Crippen LogP contribution in [0.3, 0.4) is 0 Å². The highest BCUT2D eigenvalue weighted by molar-refractivity contribution is 9.10. The summed E-state index contributed by atoms with van der Waals surface area (Å²) in [5, 5.41) is 3.86. The average Bonchev–Trinajstić information content (AvgIpc) is 2.45. The Balaban J connectivity index is 2.47. The molecule has 16 heavy (non-hydrogen) atoms. The molecule has 0 aliphatic rings. The summed E-state index contributed by atoms with van der Waals surface area (Å²) in [6, 6.07) is 0. The number of halogens is 5. The first-order valence-electron chi connectivity index (χ1n) is 4.34. The quantitative estimate of drug-likeness (QED) is 0.782. The molecule has 0 atom stereocenters. The van der Waals surface area contributed by atoms with Crippen molar-refractivity contribution in [3.05, 3.63) is 16.4 Å². The molecule has 3 nitrogen and oxygen atoms in total. The van der Waals surface area contributed by atoms with Crippen LogP contribution in [0, 0.1) is 0 Å². The molecule has 0 spiro atoms. The monoisotopic (exact) mass is 304 g/mol. The highest BCUT2D eigenvalue weighted by atomic mass is 79.9. The molecule has 0 radical (unpaired) electrons. The maximum absolute atomic E-state index is 12.0. The van der Waals surface area contributed by atoms with Crippen LogP contribution in [-0.2, 0) is 17.9 Å². The zero-order valence-corrected chi connectivity index (χ0v) is 9.68. The minimum Gasteiger partial charge on any atom is -0.366 e. The van der Waals surface area contributed by atoms with Gasteiger partial charge >= 0.3 is 6.18 Å². The van der Waals surface area contributed by atoms with Gasteiger partial charge in [-0.15, -0.1) is 0 Å². The van der Waals surface area contributed by atoms with Crippen LogP contribution in [0.1, 0.15) is 5.69 Å². The molecule has 0 saturated heterocycles. The topological polar surface area (TPSA) is 27.1 Å². The third-order valence-electron chi connectivity index (χ3n) is 1.61. The minimum absolute atomic E-state index is 0.0673. The van der Waals surface area contributed by atoms with E-state index in [1.165, 1.54) is 10.9 Å². The molecule has 0 bridgehead atoms. The second kappa shape index (κ2) is 5.62. The number of hydrogen-bond donors (Lipinski definition) is 0. The van der Waals surface area contributed by atoms with Crippen molar-refractivity contribution < 1.29 is 22.3 Å². The summed E-state index contributed by atoms with van der Waals surface area (Å²) >= 11 is 3.10. The maximum atomic E-state index is 12.0. The van der Waals surface area contributed by atoms with E-state index in [0.29, 0.717) is 10.2 Å². The number of alkyl halides is 4. The van der Waals surface area contributed by atoms with E-state index in [0.717, 1.165) is 0 Å². The first kappa shape index (κ1) is 13.4. The molecule has 0 amide bonds. The van der Waals surface area contributed by atoms with E-state index in [-0.39, 0.29) is 13.2 Å². The molecule has 0 aliphatic heterocycles. The zero-order chi connectivity index (χ0) is 12.2. The van der Waals surface area contributed by atoms with Crippen LogP contribution >= 0.6 is 15.9 Å². The molecule has 0 fully saturated rings. The molecule has 1 rings (SSSR count). The second-order valence-corrected chi connectivity index (χ2v) is 3.84. The molecule has 0 unspecified atom stereocenters. The molecule has 0 N–H and O–H groups in total. The Hall–Kier alpha value is -0.630. The third-order valence-corrected chi connectivity index (χ3v) is 2.27. The Morgan fingerprint density at radius 2 is 2.12 bits per heavy atom. The molecule has 1 heterocycles. The summed E-state index contributed by atoms with van der Waals surface area (Å²) in [6.07, 6.45) is -2.86. The van der Waals surface area contributed by atoms with Gasteiger partial charge < -0.3 is 4.74 Å². The summed E-state index contributed by atoms with van der Waals surface area (Å²) in [6.45, 7) is -2.11. The fraction of sp³-hybridized carbons (Fsp3) is 0.625. The lowest BCUT2D eigenvalue weighted by atomic mass is 10.5. The van der Waals surface area contributed by atoms with Crippen LogP contribution in [0.5, 0.6) is 0 Å². The number of rotatable bonds is 5. The van der Waals surface area contributed by atoms with Crippen molar-refractivity contribution in [3.63, 3.8) is 0 Å². The molecular formula is C8H9BrF4N2O. The van der Waals surface area contributed by atoms with Crippen molar-refractivity contribution >= 4 is 15.9 Å². The van der Waals surface area contributed by atoms with Crippen LogP contribution in [0.15, 0.2) is 10.7 Å². The van der Waals surface area contributed by atoms with Gasteiger partial charge in [-0.3, -0.25) is 4.68 Å². The Morgan fingerprint density at radius 3 is 2.69 bits per heavy atom. The molecule has 0 saturated carbocycles. The van der Waals surface area contributed by atoms with Gasteiger partial charge in [0, 0.05) is 6.20 Å². The first-order valence-corrected chi connectivity index (χ1v) is 5.14. The lowest BCUT2D eigenvalue weighted by molar-refractivity contribution is -0.176. The van der Waals surface area contributed by atoms with Crippen molar-refractivity contribution in [3.8, 4) is 0 Å². The highest BCUT2D eigenvalue weighted by Crippen LogP contribution is 2.18. The lowest BCUT2D eigenvalue weighted by Crippen LogP contribution is -2.17. The van der Waals surface area contributed by atoms with Gasteiger partial charge in [0.25, 0.3) is 0 Å². The Bertz CT molecular complexity index is 339. The van der Waals surface area contributed by atoms with Gasteiger partial charge in [-0.05, 0) is 15.9 Å². The van der Waals surface area contributed by atoms with Crippen LogP contribution in [0.25, 0.3) is 0 Å². The molecule has 92 valence electrons. The number of aromatic nitrogens is 2. The first-order chi connectivity index (χ1) is 7.42. The van der Waals surface area contributed by atoms with Gasteiger partial charge in [0.05, 0.1) is 17.6 Å². The van der Waals surface area contributed by atoms with E-state index in [1.54, 1.807) is 0 Å². The number of hydrogen-bond acceptors (Lipinski definition) is 2. The zero-order valence-electron chi connectivity index (χ0n) is 8.10. The summed E-state index contributed by atoms with van der Waals surface area (Å²) < 4.78 is 53.5. The van der Waals surface area contributed by atoms with Crippen LogP contribution in [-0.4, -0.2) is 29.2 Å². The summed E-state index contributed by atoms with van der Waals surface area (Å²) in [7, 11) is 0. The predicted octanol–water partition coefficient (Wildman–Crippen LogP) is 2.69. The standard InChI is InChI=1S/C8H9BrF4N2O/c9-6-3-15(2-1-10)14-7(6)4-16-5-8(11,12)13/h3H,1-2,4-5H2. The molecule has 8 heteroatoms. The molecule has 1 aromatic rings. The third kappa shape index (κ3) is 4.48. The Labute approximate surface area is 97.5 Å². The van der Waals surface area contributed by atoms with Gasteiger partial charge in [0.1, 0.15) is 19.0 Å². The average molecular weight is 305 g/mol. The molecule has 0 aromatic carbocycles. The minimum atomic E-state index is -4.35. The predicted molar refractivity (Wildman–Crippen MR) is 51.6 cm³/mol. The van der Waals surface area contributed by atoms with Crippen molar-refractivity contribution in [2.75, 3.05) is 13.3 Å². The number of nitrogens with zero attached hydrogens (tertiary/aromatic N) is 2. The van der Waals surface area contributed by atoms with Crippen LogP contribution < -0.4 is 0 Å². The number of aryl methyl sites for hydroxylation is 1. The van der Waals surface area contributed by atoms with Gasteiger partial charge in [-0.25, -0.2) is 4.39 Å². The summed E-state index contributed by atoms with van der Waals surface area (Å²) in [5.74, 6) is 0. The van der Waals surface area contributed by atoms with Crippen molar-refractivity contribution in [1.29, 1.82) is 0 Å². The van der Waals surface area contributed by atoms with Gasteiger partial charge in [-0.2, -0.15) is 18.3 Å². The van der Waals surface area contributed by atoms with E-state index in [9.17, 15) is 17.6 Å². The van der Waals surface area contributed by atoms with Crippen LogP contribution in [0.2, 0.25) is 0 Å². The Morgan fingerprint density at radius 1 is 1.44 bits per heavy atom. The van der Waals surface area contributed by atoms with Gasteiger partial charge in [0.15, 0.2) is 0 Å². The molecular weight excluding hydrogens is 296 g/mol. The van der Waals surface area contributed by atoms with Gasteiger partial charge in [-0.1, -0.05) is 0 Å². The van der Waals surface area contributed by atoms with E-state index in [2.05, 4.69) is 25.8 Å². The van der Waals surface area contributed by atoms with E-state index in [1.807, 2.05) is 0 Å². The van der Waals surface area contributed by atoms with Crippen molar-refractivity contribution in [2.24, 2.45) is 0 Å². The van der Waals surface area contributed by atoms with Gasteiger partial charge in [0.2, 0.25) is 0 Å². The normalized spacial score (nSPS) is 12.1. The highest BCUT2D eigenvalue weighted by Gasteiger charge is 2.27. The van der Waals surface area contributed by atoms with E-state index < -0.39 is 19.5 Å². The largest absolute Gasteiger partial charge is 0.411 e. The van der Waals surface area contributed by atoms with E-state index in [4.69, 9.17) is 0 Å².